The number of carbonyl (C=O) groups is 2. The second-order valence-electron chi connectivity index (χ2n) is 6.38. The zero-order valence-electron chi connectivity index (χ0n) is 13.8. The van der Waals surface area contributed by atoms with Crippen molar-refractivity contribution in [3.05, 3.63) is 29.8 Å². The largest absolute Gasteiger partial charge is 0.349 e. The second kappa shape index (κ2) is 7.97. The molecule has 3 amide bonds. The van der Waals surface area contributed by atoms with Gasteiger partial charge in [0.05, 0.1) is 11.3 Å². The van der Waals surface area contributed by atoms with E-state index < -0.39 is 0 Å². The predicted octanol–water partition coefficient (Wildman–Crippen LogP) is 2.22. The number of hydrogen-bond donors (Lipinski definition) is 4. The summed E-state index contributed by atoms with van der Waals surface area (Å²) < 4.78 is 0. The molecule has 23 heavy (non-hydrogen) atoms. The first-order chi connectivity index (χ1) is 11.0. The molecule has 6 heteroatoms. The van der Waals surface area contributed by atoms with E-state index in [4.69, 9.17) is 5.73 Å². The number of para-hydroxylation sites is 1. The molecule has 0 radical (unpaired) electrons. The molecule has 0 spiro atoms. The Balaban J connectivity index is 2.01. The minimum absolute atomic E-state index is 0.0300. The van der Waals surface area contributed by atoms with E-state index in [9.17, 15) is 9.59 Å². The van der Waals surface area contributed by atoms with Crippen LogP contribution in [0.2, 0.25) is 0 Å². The molecule has 0 atom stereocenters. The minimum atomic E-state index is -0.316. The molecule has 1 saturated carbocycles. The Morgan fingerprint density at radius 1 is 1.13 bits per heavy atom. The Morgan fingerprint density at radius 3 is 2.43 bits per heavy atom. The SMILES string of the molecule is CC(C)NC(=O)Nc1ccccc1C(=O)NC1CCC(N)CC1. The molecule has 0 saturated heterocycles. The summed E-state index contributed by atoms with van der Waals surface area (Å²) in [6, 6.07) is 7.14. The maximum absolute atomic E-state index is 12.5. The van der Waals surface area contributed by atoms with Crippen molar-refractivity contribution in [3.8, 4) is 0 Å². The van der Waals surface area contributed by atoms with Crippen LogP contribution in [0, 0.1) is 0 Å². The second-order valence-corrected chi connectivity index (χ2v) is 6.38. The average Bonchev–Trinajstić information content (AvgIpc) is 2.49. The average molecular weight is 318 g/mol. The highest BCUT2D eigenvalue weighted by molar-refractivity contribution is 6.03. The third kappa shape index (κ3) is 5.25. The van der Waals surface area contributed by atoms with Crippen LogP contribution in [0.3, 0.4) is 0 Å². The van der Waals surface area contributed by atoms with E-state index in [2.05, 4.69) is 16.0 Å². The van der Waals surface area contributed by atoms with Gasteiger partial charge in [-0.1, -0.05) is 12.1 Å². The van der Waals surface area contributed by atoms with Gasteiger partial charge in [-0.05, 0) is 51.7 Å². The highest BCUT2D eigenvalue weighted by Crippen LogP contribution is 2.19. The summed E-state index contributed by atoms with van der Waals surface area (Å²) in [5, 5.41) is 8.53. The molecular formula is C17H26N4O2. The Kier molecular flexibility index (Phi) is 5.98. The van der Waals surface area contributed by atoms with E-state index in [1.165, 1.54) is 0 Å². The number of nitrogens with two attached hydrogens (primary N) is 1. The van der Waals surface area contributed by atoms with E-state index in [1.807, 2.05) is 13.8 Å². The summed E-state index contributed by atoms with van der Waals surface area (Å²) in [5.41, 5.74) is 6.87. The van der Waals surface area contributed by atoms with E-state index >= 15 is 0 Å². The van der Waals surface area contributed by atoms with Gasteiger partial charge in [0.15, 0.2) is 0 Å². The van der Waals surface area contributed by atoms with Gasteiger partial charge < -0.3 is 21.7 Å². The third-order valence-corrected chi connectivity index (χ3v) is 3.95. The van der Waals surface area contributed by atoms with Crippen LogP contribution in [0.15, 0.2) is 24.3 Å². The van der Waals surface area contributed by atoms with E-state index in [-0.39, 0.29) is 30.1 Å². The Bertz CT molecular complexity index is 551. The Morgan fingerprint density at radius 2 is 1.78 bits per heavy atom. The number of benzene rings is 1. The van der Waals surface area contributed by atoms with Crippen LogP contribution in [0.25, 0.3) is 0 Å². The molecule has 1 aliphatic rings. The van der Waals surface area contributed by atoms with Crippen molar-refractivity contribution in [3.63, 3.8) is 0 Å². The molecule has 0 bridgehead atoms. The lowest BCUT2D eigenvalue weighted by molar-refractivity contribution is 0.0927. The number of urea groups is 1. The first-order valence-corrected chi connectivity index (χ1v) is 8.18. The Labute approximate surface area is 137 Å². The maximum atomic E-state index is 12.5. The van der Waals surface area contributed by atoms with Crippen molar-refractivity contribution in [2.24, 2.45) is 5.73 Å². The van der Waals surface area contributed by atoms with Gasteiger partial charge in [0.1, 0.15) is 0 Å². The number of hydrogen-bond acceptors (Lipinski definition) is 3. The summed E-state index contributed by atoms with van der Waals surface area (Å²) in [6.07, 6.45) is 3.66. The molecule has 0 aromatic heterocycles. The Hall–Kier alpha value is -2.08. The summed E-state index contributed by atoms with van der Waals surface area (Å²) in [6.45, 7) is 3.76. The smallest absolute Gasteiger partial charge is 0.319 e. The molecule has 0 heterocycles. The van der Waals surface area contributed by atoms with Gasteiger partial charge in [-0.25, -0.2) is 4.79 Å². The van der Waals surface area contributed by atoms with Crippen LogP contribution in [-0.2, 0) is 0 Å². The summed E-state index contributed by atoms with van der Waals surface area (Å²) in [5.74, 6) is -0.161. The van der Waals surface area contributed by atoms with Gasteiger partial charge in [0.25, 0.3) is 5.91 Å². The van der Waals surface area contributed by atoms with Gasteiger partial charge >= 0.3 is 6.03 Å². The van der Waals surface area contributed by atoms with E-state index in [0.717, 1.165) is 25.7 Å². The number of carbonyl (C=O) groups excluding carboxylic acids is 2. The lowest BCUT2D eigenvalue weighted by Gasteiger charge is -2.27. The van der Waals surface area contributed by atoms with Gasteiger partial charge in [-0.2, -0.15) is 0 Å². The number of anilines is 1. The van der Waals surface area contributed by atoms with Crippen LogP contribution >= 0.6 is 0 Å². The zero-order valence-corrected chi connectivity index (χ0v) is 13.8. The fourth-order valence-electron chi connectivity index (χ4n) is 2.74. The summed E-state index contributed by atoms with van der Waals surface area (Å²) >= 11 is 0. The molecule has 6 nitrogen and oxygen atoms in total. The van der Waals surface area contributed by atoms with Crippen LogP contribution in [0.4, 0.5) is 10.5 Å². The van der Waals surface area contributed by atoms with Crippen LogP contribution in [0.1, 0.15) is 49.9 Å². The van der Waals surface area contributed by atoms with Crippen molar-refractivity contribution in [1.29, 1.82) is 0 Å². The molecule has 2 rings (SSSR count). The number of nitrogens with one attached hydrogen (secondary N) is 3. The number of amides is 3. The van der Waals surface area contributed by atoms with Gasteiger partial charge in [0, 0.05) is 18.1 Å². The van der Waals surface area contributed by atoms with Gasteiger partial charge in [0.2, 0.25) is 0 Å². The van der Waals surface area contributed by atoms with Gasteiger partial charge in [-0.3, -0.25) is 4.79 Å². The molecule has 5 N–H and O–H groups in total. The highest BCUT2D eigenvalue weighted by atomic mass is 16.2. The van der Waals surface area contributed by atoms with Crippen LogP contribution < -0.4 is 21.7 Å². The van der Waals surface area contributed by atoms with Crippen molar-refractivity contribution >= 4 is 17.6 Å². The molecule has 126 valence electrons. The maximum Gasteiger partial charge on any atom is 0.319 e. The fraction of sp³-hybridized carbons (Fsp3) is 0.529. The quantitative estimate of drug-likeness (QED) is 0.685. The molecule has 1 aromatic rings. The minimum Gasteiger partial charge on any atom is -0.349 e. The van der Waals surface area contributed by atoms with Gasteiger partial charge in [-0.15, -0.1) is 0 Å². The third-order valence-electron chi connectivity index (χ3n) is 3.95. The molecule has 1 fully saturated rings. The van der Waals surface area contributed by atoms with E-state index in [0.29, 0.717) is 11.3 Å². The normalized spacial score (nSPS) is 20.9. The molecule has 0 unspecified atom stereocenters. The highest BCUT2D eigenvalue weighted by Gasteiger charge is 2.22. The van der Waals surface area contributed by atoms with Crippen LogP contribution in [0.5, 0.6) is 0 Å². The van der Waals surface area contributed by atoms with Crippen molar-refractivity contribution < 1.29 is 9.59 Å². The van der Waals surface area contributed by atoms with Crippen molar-refractivity contribution in [1.82, 2.24) is 10.6 Å². The lowest BCUT2D eigenvalue weighted by Crippen LogP contribution is -2.41. The molecule has 0 aliphatic heterocycles. The van der Waals surface area contributed by atoms with Crippen LogP contribution in [-0.4, -0.2) is 30.1 Å². The van der Waals surface area contributed by atoms with E-state index in [1.54, 1.807) is 24.3 Å². The molecule has 1 aliphatic carbocycles. The standard InChI is InChI=1S/C17H26N4O2/c1-11(2)19-17(23)21-15-6-4-3-5-14(15)16(22)20-13-9-7-12(18)8-10-13/h3-6,11-13H,7-10,18H2,1-2H3,(H,20,22)(H2,19,21,23). The number of rotatable bonds is 4. The molecular weight excluding hydrogens is 292 g/mol. The first-order valence-electron chi connectivity index (χ1n) is 8.18. The zero-order chi connectivity index (χ0) is 16.8. The van der Waals surface area contributed by atoms with Crippen molar-refractivity contribution in [2.75, 3.05) is 5.32 Å². The lowest BCUT2D eigenvalue weighted by atomic mass is 9.91. The van der Waals surface area contributed by atoms with Crippen molar-refractivity contribution in [2.45, 2.75) is 57.7 Å². The monoisotopic (exact) mass is 318 g/mol. The summed E-state index contributed by atoms with van der Waals surface area (Å²) in [7, 11) is 0. The topological polar surface area (TPSA) is 96.2 Å². The molecule has 1 aromatic carbocycles. The first kappa shape index (κ1) is 17.3. The predicted molar refractivity (Wildman–Crippen MR) is 91.4 cm³/mol. The fourth-order valence-corrected chi connectivity index (χ4v) is 2.74. The summed E-state index contributed by atoms with van der Waals surface area (Å²) in [4.78, 5) is 24.4.